The number of nitrogens with zero attached hydrogens (tertiary/aromatic N) is 1. The van der Waals surface area contributed by atoms with Crippen molar-refractivity contribution in [2.24, 2.45) is 0 Å². The van der Waals surface area contributed by atoms with Crippen molar-refractivity contribution in [3.05, 3.63) is 20.8 Å². The van der Waals surface area contributed by atoms with Gasteiger partial charge in [-0.15, -0.1) is 11.3 Å². The molecule has 1 heterocycles. The molecule has 0 saturated carbocycles. The molecule has 1 N–H and O–H groups in total. The summed E-state index contributed by atoms with van der Waals surface area (Å²) < 4.78 is 1.14. The van der Waals surface area contributed by atoms with Crippen molar-refractivity contribution in [1.29, 1.82) is 0 Å². The molecule has 0 atom stereocenters. The van der Waals surface area contributed by atoms with Gasteiger partial charge in [-0.3, -0.25) is 4.79 Å². The number of likely N-dealkylation sites (N-methyl/N-ethyl adjacent to an activating group) is 2. The molecule has 1 rings (SSSR count). The fourth-order valence-corrected chi connectivity index (χ4v) is 2.73. The zero-order valence-electron chi connectivity index (χ0n) is 9.62. The molecule has 1 amide bonds. The van der Waals surface area contributed by atoms with E-state index in [2.05, 4.69) is 27.3 Å². The molecule has 0 aliphatic heterocycles. The first-order chi connectivity index (χ1) is 7.63. The van der Waals surface area contributed by atoms with Gasteiger partial charge in [-0.1, -0.05) is 6.92 Å². The molecule has 0 aromatic carbocycles. The van der Waals surface area contributed by atoms with Crippen LogP contribution in [0.5, 0.6) is 0 Å². The van der Waals surface area contributed by atoms with E-state index in [-0.39, 0.29) is 5.91 Å². The van der Waals surface area contributed by atoms with Crippen LogP contribution in [0.4, 0.5) is 0 Å². The Kier molecular flexibility index (Phi) is 6.01. The lowest BCUT2D eigenvalue weighted by molar-refractivity contribution is -0.128. The van der Waals surface area contributed by atoms with Crippen molar-refractivity contribution in [1.82, 2.24) is 10.2 Å². The van der Waals surface area contributed by atoms with E-state index in [1.807, 2.05) is 20.0 Å². The topological polar surface area (TPSA) is 32.3 Å². The van der Waals surface area contributed by atoms with Gasteiger partial charge in [0.15, 0.2) is 0 Å². The highest BCUT2D eigenvalue weighted by molar-refractivity contribution is 9.11. The van der Waals surface area contributed by atoms with Crippen LogP contribution in [0.1, 0.15) is 11.8 Å². The first kappa shape index (κ1) is 13.7. The van der Waals surface area contributed by atoms with Crippen LogP contribution in [0.25, 0.3) is 0 Å². The number of rotatable bonds is 6. The minimum Gasteiger partial charge on any atom is -0.344 e. The monoisotopic (exact) mass is 304 g/mol. The molecule has 0 radical (unpaired) electrons. The minimum absolute atomic E-state index is 0.150. The van der Waals surface area contributed by atoms with Crippen LogP contribution in [0.2, 0.25) is 0 Å². The van der Waals surface area contributed by atoms with Crippen LogP contribution in [0, 0.1) is 0 Å². The number of halogens is 1. The largest absolute Gasteiger partial charge is 0.344 e. The smallest absolute Gasteiger partial charge is 0.236 e. The molecule has 0 spiro atoms. The molecule has 0 saturated heterocycles. The van der Waals surface area contributed by atoms with E-state index in [0.717, 1.165) is 23.3 Å². The quantitative estimate of drug-likeness (QED) is 0.873. The number of hydrogen-bond acceptors (Lipinski definition) is 3. The van der Waals surface area contributed by atoms with Crippen molar-refractivity contribution < 1.29 is 4.79 Å². The highest BCUT2D eigenvalue weighted by Crippen LogP contribution is 2.22. The Bertz CT molecular complexity index is 340. The fraction of sp³-hybridized carbons (Fsp3) is 0.545. The Morgan fingerprint density at radius 2 is 2.31 bits per heavy atom. The SMILES string of the molecule is CCNCC(=O)N(C)CCc1ccc(Br)s1. The molecular weight excluding hydrogens is 288 g/mol. The van der Waals surface area contributed by atoms with Crippen LogP contribution in [0.3, 0.4) is 0 Å². The molecule has 0 bridgehead atoms. The molecule has 5 heteroatoms. The number of hydrogen-bond donors (Lipinski definition) is 1. The second kappa shape index (κ2) is 7.04. The number of thiophene rings is 1. The van der Waals surface area contributed by atoms with E-state index in [1.165, 1.54) is 4.88 Å². The molecule has 1 aromatic rings. The lowest BCUT2D eigenvalue weighted by Crippen LogP contribution is -2.36. The summed E-state index contributed by atoms with van der Waals surface area (Å²) in [6.07, 6.45) is 0.921. The summed E-state index contributed by atoms with van der Waals surface area (Å²) in [6, 6.07) is 4.14. The fourth-order valence-electron chi connectivity index (χ4n) is 1.26. The van der Waals surface area contributed by atoms with Crippen molar-refractivity contribution in [2.75, 3.05) is 26.7 Å². The number of amides is 1. The Labute approximate surface area is 109 Å². The summed E-state index contributed by atoms with van der Waals surface area (Å²) in [5, 5.41) is 3.04. The van der Waals surface area contributed by atoms with Crippen molar-refractivity contribution in [3.63, 3.8) is 0 Å². The maximum atomic E-state index is 11.6. The summed E-state index contributed by atoms with van der Waals surface area (Å²) in [4.78, 5) is 14.7. The second-order valence-corrected chi connectivity index (χ2v) is 6.10. The van der Waals surface area contributed by atoms with E-state index in [9.17, 15) is 4.79 Å². The average Bonchev–Trinajstić information content (AvgIpc) is 2.68. The summed E-state index contributed by atoms with van der Waals surface area (Å²) >= 11 is 5.15. The standard InChI is InChI=1S/C11H17BrN2OS/c1-3-13-8-11(15)14(2)7-6-9-4-5-10(12)16-9/h4-5,13H,3,6-8H2,1-2H3. The van der Waals surface area contributed by atoms with Gasteiger partial charge in [0.25, 0.3) is 0 Å². The minimum atomic E-state index is 0.150. The summed E-state index contributed by atoms with van der Waals surface area (Å²) in [5.41, 5.74) is 0. The van der Waals surface area contributed by atoms with Gasteiger partial charge in [0.2, 0.25) is 5.91 Å². The Morgan fingerprint density at radius 3 is 2.88 bits per heavy atom. The highest BCUT2D eigenvalue weighted by atomic mass is 79.9. The van der Waals surface area contributed by atoms with Gasteiger partial charge in [0.1, 0.15) is 0 Å². The van der Waals surface area contributed by atoms with Gasteiger partial charge < -0.3 is 10.2 Å². The predicted octanol–water partition coefficient (Wildman–Crippen LogP) is 2.12. The first-order valence-electron chi connectivity index (χ1n) is 5.32. The van der Waals surface area contributed by atoms with E-state index in [1.54, 1.807) is 16.2 Å². The molecule has 1 aromatic heterocycles. The van der Waals surface area contributed by atoms with Gasteiger partial charge >= 0.3 is 0 Å². The van der Waals surface area contributed by atoms with Crippen LogP contribution in [-0.4, -0.2) is 37.5 Å². The second-order valence-electron chi connectivity index (χ2n) is 3.55. The third-order valence-corrected chi connectivity index (χ3v) is 3.96. The summed E-state index contributed by atoms with van der Waals surface area (Å²) in [5.74, 6) is 0.150. The van der Waals surface area contributed by atoms with Crippen molar-refractivity contribution in [2.45, 2.75) is 13.3 Å². The van der Waals surface area contributed by atoms with Gasteiger partial charge in [-0.2, -0.15) is 0 Å². The van der Waals surface area contributed by atoms with Crippen LogP contribution in [-0.2, 0) is 11.2 Å². The van der Waals surface area contributed by atoms with Crippen LogP contribution < -0.4 is 5.32 Å². The van der Waals surface area contributed by atoms with E-state index in [0.29, 0.717) is 6.54 Å². The average molecular weight is 305 g/mol. The molecule has 0 unspecified atom stereocenters. The molecule has 16 heavy (non-hydrogen) atoms. The Morgan fingerprint density at radius 1 is 1.56 bits per heavy atom. The lowest BCUT2D eigenvalue weighted by atomic mass is 10.3. The zero-order valence-corrected chi connectivity index (χ0v) is 12.0. The predicted molar refractivity (Wildman–Crippen MR) is 71.9 cm³/mol. The third-order valence-electron chi connectivity index (χ3n) is 2.27. The lowest BCUT2D eigenvalue weighted by Gasteiger charge is -2.16. The van der Waals surface area contributed by atoms with Gasteiger partial charge in [-0.05, 0) is 41.0 Å². The molecule has 0 aliphatic carbocycles. The Hall–Kier alpha value is -0.390. The Balaban J connectivity index is 2.29. The molecule has 90 valence electrons. The van der Waals surface area contributed by atoms with E-state index < -0.39 is 0 Å². The maximum Gasteiger partial charge on any atom is 0.236 e. The van der Waals surface area contributed by atoms with Gasteiger partial charge in [0.05, 0.1) is 10.3 Å². The summed E-state index contributed by atoms with van der Waals surface area (Å²) in [7, 11) is 1.85. The third kappa shape index (κ3) is 4.63. The van der Waals surface area contributed by atoms with E-state index in [4.69, 9.17) is 0 Å². The van der Waals surface area contributed by atoms with Crippen molar-refractivity contribution >= 4 is 33.2 Å². The number of carbonyl (C=O) groups excluding carboxylic acids is 1. The van der Waals surface area contributed by atoms with Gasteiger partial charge in [0, 0.05) is 18.5 Å². The normalized spacial score (nSPS) is 10.4. The molecular formula is C11H17BrN2OS. The van der Waals surface area contributed by atoms with Gasteiger partial charge in [-0.25, -0.2) is 0 Å². The van der Waals surface area contributed by atoms with Crippen LogP contribution >= 0.6 is 27.3 Å². The molecule has 0 aliphatic rings. The highest BCUT2D eigenvalue weighted by Gasteiger charge is 2.08. The number of nitrogens with one attached hydrogen (secondary N) is 1. The van der Waals surface area contributed by atoms with Crippen molar-refractivity contribution in [3.8, 4) is 0 Å². The summed E-state index contributed by atoms with van der Waals surface area (Å²) in [6.45, 7) is 4.03. The van der Waals surface area contributed by atoms with E-state index >= 15 is 0 Å². The molecule has 3 nitrogen and oxygen atoms in total. The number of carbonyl (C=O) groups is 1. The molecule has 0 fully saturated rings. The maximum absolute atomic E-state index is 11.6. The first-order valence-corrected chi connectivity index (χ1v) is 6.93. The van der Waals surface area contributed by atoms with Crippen LogP contribution in [0.15, 0.2) is 15.9 Å². The zero-order chi connectivity index (χ0) is 12.0.